The lowest BCUT2D eigenvalue weighted by Crippen LogP contribution is -2.32. The van der Waals surface area contributed by atoms with E-state index >= 15 is 0 Å². The highest BCUT2D eigenvalue weighted by atomic mass is 32.1. The smallest absolute Gasteiger partial charge is 0.352 e. The van der Waals surface area contributed by atoms with E-state index in [2.05, 4.69) is 16.8 Å². The van der Waals surface area contributed by atoms with Crippen molar-refractivity contribution >= 4 is 34.8 Å². The fourth-order valence-electron chi connectivity index (χ4n) is 3.50. The second-order valence-electron chi connectivity index (χ2n) is 7.41. The normalized spacial score (nSPS) is 15.1. The first-order chi connectivity index (χ1) is 16.1. The number of aromatic nitrogens is 1. The van der Waals surface area contributed by atoms with Gasteiger partial charge in [-0.1, -0.05) is 18.7 Å². The van der Waals surface area contributed by atoms with Gasteiger partial charge in [0.05, 0.1) is 0 Å². The van der Waals surface area contributed by atoms with Crippen molar-refractivity contribution in [2.75, 3.05) is 38.2 Å². The molecule has 1 aromatic heterocycles. The first-order valence-corrected chi connectivity index (χ1v) is 11.7. The number of ether oxygens (including phenoxy) is 2. The zero-order valence-corrected chi connectivity index (χ0v) is 19.5. The fourth-order valence-corrected chi connectivity index (χ4v) is 4.58. The van der Waals surface area contributed by atoms with Crippen LogP contribution in [0.2, 0.25) is 0 Å². The minimum Gasteiger partial charge on any atom is -0.492 e. The topological polar surface area (TPSA) is 96.6 Å². The Hall–Kier alpha value is -3.35. The summed E-state index contributed by atoms with van der Waals surface area (Å²) < 4.78 is 12.9. The Morgan fingerprint density at radius 2 is 2.15 bits per heavy atom. The molecule has 9 heteroatoms. The number of hydrogen-bond donors (Lipinski definition) is 1. The van der Waals surface area contributed by atoms with Crippen molar-refractivity contribution in [2.24, 2.45) is 0 Å². The molecular weight excluding hydrogens is 440 g/mol. The van der Waals surface area contributed by atoms with Gasteiger partial charge in [0.2, 0.25) is 0 Å². The van der Waals surface area contributed by atoms with E-state index in [1.54, 1.807) is 13.1 Å². The molecule has 174 valence electrons. The van der Waals surface area contributed by atoms with Gasteiger partial charge in [-0.2, -0.15) is 5.26 Å². The summed E-state index contributed by atoms with van der Waals surface area (Å²) >= 11 is 1.07. The Labute approximate surface area is 196 Å². The van der Waals surface area contributed by atoms with Crippen LogP contribution in [0.4, 0.5) is 5.69 Å². The summed E-state index contributed by atoms with van der Waals surface area (Å²) in [5, 5.41) is 12.6. The van der Waals surface area contributed by atoms with Crippen LogP contribution in [0, 0.1) is 11.3 Å². The maximum absolute atomic E-state index is 12.8. The second-order valence-corrected chi connectivity index (χ2v) is 8.44. The zero-order chi connectivity index (χ0) is 23.6. The van der Waals surface area contributed by atoms with Crippen LogP contribution in [-0.2, 0) is 16.1 Å². The Balaban J connectivity index is 1.79. The van der Waals surface area contributed by atoms with Crippen LogP contribution in [0.3, 0.4) is 0 Å². The predicted octanol–water partition coefficient (Wildman–Crippen LogP) is 1.66. The summed E-state index contributed by atoms with van der Waals surface area (Å²) in [6, 6.07) is 9.38. The van der Waals surface area contributed by atoms with Crippen molar-refractivity contribution in [3.05, 3.63) is 56.5 Å². The number of anilines is 1. The van der Waals surface area contributed by atoms with Crippen molar-refractivity contribution < 1.29 is 14.3 Å². The van der Waals surface area contributed by atoms with Crippen LogP contribution in [0.25, 0.3) is 11.8 Å². The number of hydrogen-bond acceptors (Lipinski definition) is 8. The number of benzene rings is 1. The van der Waals surface area contributed by atoms with Crippen LogP contribution in [0.15, 0.2) is 41.7 Å². The lowest BCUT2D eigenvalue weighted by atomic mass is 10.3. The average molecular weight is 469 g/mol. The van der Waals surface area contributed by atoms with Gasteiger partial charge >= 0.3 is 5.97 Å². The summed E-state index contributed by atoms with van der Waals surface area (Å²) in [6.07, 6.45) is 5.50. The summed E-state index contributed by atoms with van der Waals surface area (Å²) in [7, 11) is 0. The molecule has 0 atom stereocenters. The van der Waals surface area contributed by atoms with Gasteiger partial charge in [-0.05, 0) is 45.0 Å². The lowest BCUT2D eigenvalue weighted by molar-refractivity contribution is -0.135. The van der Waals surface area contributed by atoms with Crippen molar-refractivity contribution in [1.82, 2.24) is 9.47 Å². The molecular formula is C24H28N4O4S. The van der Waals surface area contributed by atoms with Gasteiger partial charge in [-0.25, -0.2) is 4.79 Å². The first kappa shape index (κ1) is 24.3. The summed E-state index contributed by atoms with van der Waals surface area (Å²) in [5.74, 6) is -0.0327. The number of carbonyl (C=O) groups is 1. The molecule has 0 bridgehead atoms. The largest absolute Gasteiger partial charge is 0.492 e. The molecule has 33 heavy (non-hydrogen) atoms. The third-order valence-corrected chi connectivity index (χ3v) is 6.30. The SMILES string of the molecule is C=CCOC(=O)/C(C#N)=c1\s/c(=C/Nc2cccc(OCCN3CCCC3)c2)c(=O)n1CC. The molecule has 2 aromatic rings. The molecule has 1 N–H and O–H groups in total. The molecule has 0 radical (unpaired) electrons. The number of rotatable bonds is 10. The molecule has 2 heterocycles. The van der Waals surface area contributed by atoms with E-state index in [0.717, 1.165) is 42.4 Å². The average Bonchev–Trinajstić information content (AvgIpc) is 3.45. The van der Waals surface area contributed by atoms with Gasteiger partial charge in [0.25, 0.3) is 5.56 Å². The quantitative estimate of drug-likeness (QED) is 0.418. The van der Waals surface area contributed by atoms with E-state index < -0.39 is 5.97 Å². The first-order valence-electron chi connectivity index (χ1n) is 10.9. The number of esters is 1. The number of nitriles is 1. The molecule has 0 aliphatic carbocycles. The molecule has 0 spiro atoms. The van der Waals surface area contributed by atoms with E-state index in [9.17, 15) is 14.9 Å². The summed E-state index contributed by atoms with van der Waals surface area (Å²) in [5.41, 5.74) is 0.280. The van der Waals surface area contributed by atoms with Crippen LogP contribution >= 0.6 is 11.3 Å². The molecule has 1 fully saturated rings. The maximum Gasteiger partial charge on any atom is 0.352 e. The molecule has 3 rings (SSSR count). The van der Waals surface area contributed by atoms with E-state index in [1.165, 1.54) is 23.5 Å². The second kappa shape index (κ2) is 12.0. The van der Waals surface area contributed by atoms with Gasteiger partial charge in [0.1, 0.15) is 34.2 Å². The van der Waals surface area contributed by atoms with E-state index in [-0.39, 0.29) is 22.4 Å². The van der Waals surface area contributed by atoms with Crippen molar-refractivity contribution in [3.63, 3.8) is 0 Å². The van der Waals surface area contributed by atoms with Crippen LogP contribution < -0.4 is 24.8 Å². The molecule has 8 nitrogen and oxygen atoms in total. The van der Waals surface area contributed by atoms with Gasteiger partial charge in [0, 0.05) is 31.0 Å². The number of likely N-dealkylation sites (tertiary alicyclic amines) is 1. The Kier molecular flexibility index (Phi) is 8.87. The number of nitrogens with zero attached hydrogens (tertiary/aromatic N) is 3. The van der Waals surface area contributed by atoms with Gasteiger partial charge in [-0.15, -0.1) is 11.3 Å². The Morgan fingerprint density at radius 1 is 1.36 bits per heavy atom. The van der Waals surface area contributed by atoms with Crippen molar-refractivity contribution in [2.45, 2.75) is 26.3 Å². The Bertz CT molecular complexity index is 1200. The van der Waals surface area contributed by atoms with Crippen LogP contribution in [0.5, 0.6) is 5.75 Å². The molecule has 1 aromatic carbocycles. The minimum absolute atomic E-state index is 0.0112. The third-order valence-electron chi connectivity index (χ3n) is 5.16. The van der Waals surface area contributed by atoms with Gasteiger partial charge < -0.3 is 14.8 Å². The molecule has 0 unspecified atom stereocenters. The summed E-state index contributed by atoms with van der Waals surface area (Å²) in [4.78, 5) is 27.4. The monoisotopic (exact) mass is 468 g/mol. The van der Waals surface area contributed by atoms with E-state index in [0.29, 0.717) is 17.7 Å². The molecule has 1 saturated heterocycles. The lowest BCUT2D eigenvalue weighted by Gasteiger charge is -2.15. The highest BCUT2D eigenvalue weighted by molar-refractivity contribution is 7.07. The zero-order valence-electron chi connectivity index (χ0n) is 18.7. The fraction of sp³-hybridized carbons (Fsp3) is 0.375. The number of carbonyl (C=O) groups excluding carboxylic acids is 1. The van der Waals surface area contributed by atoms with Crippen molar-refractivity contribution in [1.29, 1.82) is 5.26 Å². The van der Waals surface area contributed by atoms with E-state index in [1.807, 2.05) is 30.3 Å². The molecule has 0 saturated carbocycles. The minimum atomic E-state index is -0.779. The maximum atomic E-state index is 12.8. The molecule has 0 amide bonds. The van der Waals surface area contributed by atoms with E-state index in [4.69, 9.17) is 9.47 Å². The van der Waals surface area contributed by atoms with Crippen LogP contribution in [0.1, 0.15) is 19.8 Å². The van der Waals surface area contributed by atoms with Gasteiger partial charge in [0.15, 0.2) is 5.57 Å². The summed E-state index contributed by atoms with van der Waals surface area (Å²) in [6.45, 7) is 9.37. The Morgan fingerprint density at radius 3 is 2.85 bits per heavy atom. The standard InChI is InChI=1S/C24H28N4O4S/c1-3-13-32-24(30)20(16-25)23-28(4-2)22(29)21(33-23)17-26-18-8-7-9-19(15-18)31-14-12-27-10-5-6-11-27/h3,7-9,15,17,26H,1,4-6,10-14H2,2H3/b21-17+,23-20-. The third kappa shape index (κ3) is 6.34. The number of nitrogens with one attached hydrogen (secondary N) is 1. The number of thiazole rings is 1. The molecule has 1 aliphatic heterocycles. The van der Waals surface area contributed by atoms with Gasteiger partial charge in [-0.3, -0.25) is 14.3 Å². The van der Waals surface area contributed by atoms with Crippen molar-refractivity contribution in [3.8, 4) is 11.8 Å². The highest BCUT2D eigenvalue weighted by Crippen LogP contribution is 2.17. The highest BCUT2D eigenvalue weighted by Gasteiger charge is 2.16. The molecule has 1 aliphatic rings. The van der Waals surface area contributed by atoms with Crippen LogP contribution in [-0.4, -0.2) is 48.3 Å². The predicted molar refractivity (Wildman–Crippen MR) is 129 cm³/mol.